The summed E-state index contributed by atoms with van der Waals surface area (Å²) in [5.41, 5.74) is 1.74. The van der Waals surface area contributed by atoms with Crippen molar-refractivity contribution in [3.8, 4) is 0 Å². The number of aromatic nitrogens is 2. The first-order chi connectivity index (χ1) is 13.1. The summed E-state index contributed by atoms with van der Waals surface area (Å²) in [7, 11) is 1.35. The summed E-state index contributed by atoms with van der Waals surface area (Å²) in [4.78, 5) is 19.9. The van der Waals surface area contributed by atoms with Gasteiger partial charge in [-0.3, -0.25) is 0 Å². The van der Waals surface area contributed by atoms with Crippen LogP contribution < -0.4 is 10.6 Å². The van der Waals surface area contributed by atoms with Gasteiger partial charge in [0.2, 0.25) is 5.95 Å². The molecule has 27 heavy (non-hydrogen) atoms. The zero-order chi connectivity index (χ0) is 19.1. The summed E-state index contributed by atoms with van der Waals surface area (Å²) < 4.78 is 4.57. The van der Waals surface area contributed by atoms with Crippen LogP contribution in [0.3, 0.4) is 0 Å². The number of aliphatic hydroxyl groups is 1. The van der Waals surface area contributed by atoms with Crippen LogP contribution in [0.2, 0.25) is 0 Å². The average Bonchev–Trinajstić information content (AvgIpc) is 2.69. The van der Waals surface area contributed by atoms with E-state index in [2.05, 4.69) is 25.3 Å². The number of ether oxygens (including phenoxy) is 1. The van der Waals surface area contributed by atoms with Crippen LogP contribution in [0.15, 0.2) is 42.6 Å². The molecule has 2 aromatic rings. The van der Waals surface area contributed by atoms with Crippen LogP contribution in [0, 0.1) is 0 Å². The molecule has 3 rings (SSSR count). The average molecular weight is 368 g/mol. The molecule has 0 aliphatic heterocycles. The highest BCUT2D eigenvalue weighted by Crippen LogP contribution is 2.22. The third-order valence-corrected chi connectivity index (χ3v) is 4.48. The fraction of sp³-hybridized carbons (Fsp3) is 0.350. The first-order valence-electron chi connectivity index (χ1n) is 9.03. The topological polar surface area (TPSA) is 96.4 Å². The Morgan fingerprint density at radius 2 is 1.93 bits per heavy atom. The molecule has 1 aromatic carbocycles. The van der Waals surface area contributed by atoms with Crippen molar-refractivity contribution in [3.63, 3.8) is 0 Å². The highest BCUT2D eigenvalue weighted by molar-refractivity contribution is 5.87. The predicted molar refractivity (Wildman–Crippen MR) is 105 cm³/mol. The third kappa shape index (κ3) is 5.79. The number of carbonyl (C=O) groups is 1. The minimum atomic E-state index is -0.387. The predicted octanol–water partition coefficient (Wildman–Crippen LogP) is 3.12. The van der Waals surface area contributed by atoms with Crippen LogP contribution in [0.5, 0.6) is 0 Å². The van der Waals surface area contributed by atoms with Crippen LogP contribution in [0.25, 0.3) is 6.08 Å². The quantitative estimate of drug-likeness (QED) is 0.532. The Labute approximate surface area is 158 Å². The molecule has 1 heterocycles. The largest absolute Gasteiger partial charge is 0.466 e. The second-order valence-electron chi connectivity index (χ2n) is 6.52. The molecule has 0 atom stereocenters. The molecule has 0 saturated heterocycles. The summed E-state index contributed by atoms with van der Waals surface area (Å²) in [5.74, 6) is 0.891. The first-order valence-corrected chi connectivity index (χ1v) is 9.03. The van der Waals surface area contributed by atoms with E-state index >= 15 is 0 Å². The Hall–Kier alpha value is -2.93. The van der Waals surface area contributed by atoms with E-state index < -0.39 is 0 Å². The van der Waals surface area contributed by atoms with Crippen molar-refractivity contribution in [2.45, 2.75) is 37.8 Å². The lowest BCUT2D eigenvalue weighted by molar-refractivity contribution is -0.134. The number of methoxy groups -OCH3 is 1. The summed E-state index contributed by atoms with van der Waals surface area (Å²) >= 11 is 0. The van der Waals surface area contributed by atoms with Gasteiger partial charge in [-0.25, -0.2) is 9.78 Å². The number of benzene rings is 1. The SMILES string of the molecule is COC(=O)/C=C/c1ccc(Nc2nccc(N[C@H]3CC[C@H](O)CC3)n2)cc1. The first kappa shape index (κ1) is 18.8. The van der Waals surface area contributed by atoms with Crippen molar-refractivity contribution >= 4 is 29.5 Å². The van der Waals surface area contributed by atoms with Crippen molar-refractivity contribution in [1.82, 2.24) is 9.97 Å². The summed E-state index contributed by atoms with van der Waals surface area (Å²) in [6.45, 7) is 0. The highest BCUT2D eigenvalue weighted by Gasteiger charge is 2.19. The van der Waals surface area contributed by atoms with E-state index in [-0.39, 0.29) is 12.1 Å². The van der Waals surface area contributed by atoms with Gasteiger partial charge in [0.1, 0.15) is 5.82 Å². The van der Waals surface area contributed by atoms with Crippen LogP contribution in [0.4, 0.5) is 17.5 Å². The monoisotopic (exact) mass is 368 g/mol. The molecular weight excluding hydrogens is 344 g/mol. The molecule has 7 heteroatoms. The lowest BCUT2D eigenvalue weighted by Crippen LogP contribution is -2.28. The molecule has 1 saturated carbocycles. The van der Waals surface area contributed by atoms with Gasteiger partial charge in [-0.05, 0) is 55.5 Å². The Morgan fingerprint density at radius 1 is 1.19 bits per heavy atom. The molecule has 3 N–H and O–H groups in total. The van der Waals surface area contributed by atoms with E-state index in [1.54, 1.807) is 12.3 Å². The summed E-state index contributed by atoms with van der Waals surface area (Å²) in [6, 6.07) is 9.73. The molecule has 0 unspecified atom stereocenters. The maximum Gasteiger partial charge on any atom is 0.330 e. The smallest absolute Gasteiger partial charge is 0.330 e. The molecule has 1 aromatic heterocycles. The second kappa shape index (κ2) is 9.14. The van der Waals surface area contributed by atoms with E-state index in [0.717, 1.165) is 42.8 Å². The maximum atomic E-state index is 11.1. The van der Waals surface area contributed by atoms with E-state index in [0.29, 0.717) is 12.0 Å². The number of rotatable bonds is 6. The lowest BCUT2D eigenvalue weighted by Gasteiger charge is -2.26. The fourth-order valence-corrected chi connectivity index (χ4v) is 2.97. The molecule has 1 aliphatic rings. The number of esters is 1. The van der Waals surface area contributed by atoms with Crippen molar-refractivity contribution in [3.05, 3.63) is 48.2 Å². The van der Waals surface area contributed by atoms with E-state index in [1.807, 2.05) is 30.3 Å². The zero-order valence-electron chi connectivity index (χ0n) is 15.3. The standard InChI is InChI=1S/C20H24N4O3/c1-27-19(26)11-4-14-2-5-16(6-3-14)23-20-21-13-12-18(24-20)22-15-7-9-17(25)10-8-15/h2-6,11-13,15,17,25H,7-10H2,1H3,(H2,21,22,23,24)/b11-4+/t15-,17-. The van der Waals surface area contributed by atoms with Crippen molar-refractivity contribution in [2.75, 3.05) is 17.7 Å². The van der Waals surface area contributed by atoms with Crippen molar-refractivity contribution in [1.29, 1.82) is 0 Å². The van der Waals surface area contributed by atoms with Gasteiger partial charge in [-0.15, -0.1) is 0 Å². The summed E-state index contributed by atoms with van der Waals surface area (Å²) in [6.07, 6.45) is 8.14. The number of nitrogens with zero attached hydrogens (tertiary/aromatic N) is 2. The van der Waals surface area contributed by atoms with Crippen LogP contribution >= 0.6 is 0 Å². The van der Waals surface area contributed by atoms with Crippen LogP contribution in [0.1, 0.15) is 31.2 Å². The van der Waals surface area contributed by atoms with Gasteiger partial charge in [0.05, 0.1) is 13.2 Å². The number of aliphatic hydroxyl groups excluding tert-OH is 1. The van der Waals surface area contributed by atoms with E-state index in [4.69, 9.17) is 0 Å². The van der Waals surface area contributed by atoms with Crippen molar-refractivity contribution in [2.24, 2.45) is 0 Å². The number of carbonyl (C=O) groups excluding carboxylic acids is 1. The number of nitrogens with one attached hydrogen (secondary N) is 2. The molecule has 1 fully saturated rings. The molecule has 0 radical (unpaired) electrons. The van der Waals surface area contributed by atoms with Gasteiger partial charge in [-0.2, -0.15) is 4.98 Å². The lowest BCUT2D eigenvalue weighted by atomic mass is 9.93. The molecule has 142 valence electrons. The number of hydrogen-bond acceptors (Lipinski definition) is 7. The Kier molecular flexibility index (Phi) is 6.38. The van der Waals surface area contributed by atoms with Gasteiger partial charge < -0.3 is 20.5 Å². The number of anilines is 3. The van der Waals surface area contributed by atoms with Gasteiger partial charge in [0.15, 0.2) is 0 Å². The summed E-state index contributed by atoms with van der Waals surface area (Å²) in [5, 5.41) is 16.2. The molecule has 0 spiro atoms. The molecule has 7 nitrogen and oxygen atoms in total. The molecule has 0 bridgehead atoms. The Balaban J connectivity index is 1.59. The Morgan fingerprint density at radius 3 is 2.63 bits per heavy atom. The minimum absolute atomic E-state index is 0.170. The third-order valence-electron chi connectivity index (χ3n) is 4.48. The molecular formula is C20H24N4O3. The fourth-order valence-electron chi connectivity index (χ4n) is 2.97. The highest BCUT2D eigenvalue weighted by atomic mass is 16.5. The van der Waals surface area contributed by atoms with Gasteiger partial charge >= 0.3 is 5.97 Å². The molecule has 1 aliphatic carbocycles. The maximum absolute atomic E-state index is 11.1. The van der Waals surface area contributed by atoms with Gasteiger partial charge in [0.25, 0.3) is 0 Å². The van der Waals surface area contributed by atoms with Crippen molar-refractivity contribution < 1.29 is 14.6 Å². The normalized spacial score (nSPS) is 19.6. The second-order valence-corrected chi connectivity index (χ2v) is 6.52. The Bertz CT molecular complexity index is 784. The number of hydrogen-bond donors (Lipinski definition) is 3. The van der Waals surface area contributed by atoms with Crippen LogP contribution in [-0.4, -0.2) is 40.3 Å². The minimum Gasteiger partial charge on any atom is -0.466 e. The van der Waals surface area contributed by atoms with Crippen LogP contribution in [-0.2, 0) is 9.53 Å². The van der Waals surface area contributed by atoms with E-state index in [1.165, 1.54) is 13.2 Å². The van der Waals surface area contributed by atoms with Gasteiger partial charge in [-0.1, -0.05) is 12.1 Å². The van der Waals surface area contributed by atoms with E-state index in [9.17, 15) is 9.90 Å². The molecule has 0 amide bonds. The van der Waals surface area contributed by atoms with Gasteiger partial charge in [0, 0.05) is 24.0 Å². The zero-order valence-corrected chi connectivity index (χ0v) is 15.3.